The van der Waals surface area contributed by atoms with Gasteiger partial charge in [-0.2, -0.15) is 0 Å². The van der Waals surface area contributed by atoms with E-state index in [1.165, 1.54) is 12.3 Å². The molecule has 6 aromatic rings. The van der Waals surface area contributed by atoms with Gasteiger partial charge in [0.15, 0.2) is 0 Å². The Labute approximate surface area is 264 Å². The molecule has 0 aliphatic carbocycles. The molecule has 9 heteroatoms. The van der Waals surface area contributed by atoms with Gasteiger partial charge in [0.05, 0.1) is 36.5 Å². The number of ether oxygens (including phenoxy) is 3. The summed E-state index contributed by atoms with van der Waals surface area (Å²) in [5, 5.41) is 12.0. The zero-order valence-corrected chi connectivity index (χ0v) is 24.5. The molecule has 0 radical (unpaired) electrons. The zero-order chi connectivity index (χ0) is 31.9. The van der Waals surface area contributed by atoms with E-state index in [9.17, 15) is 14.7 Å². The molecule has 0 spiro atoms. The third-order valence-electron chi connectivity index (χ3n) is 7.22. The number of hydrogen-bond acceptors (Lipinski definition) is 9. The van der Waals surface area contributed by atoms with Gasteiger partial charge in [0, 0.05) is 47.3 Å². The van der Waals surface area contributed by atoms with Crippen molar-refractivity contribution >= 4 is 23.7 Å². The molecule has 0 amide bonds. The molecule has 0 atom stereocenters. The highest BCUT2D eigenvalue weighted by atomic mass is 16.5. The standard InChI is InChI=1S/C37H25N3O6/c1-44-36-10-3-6-26(21-41)37(36)31-9-4-7-29-25(5-2-8-30(29)31)12-11-24-13-15-38-32(17-24)34-19-28(46-23-43)20-35(40-34)33-18-27(45-22-42)14-16-39-33/h2-10,13-20,22-23,41H,21H2,1H3. The van der Waals surface area contributed by atoms with E-state index in [4.69, 9.17) is 14.2 Å². The summed E-state index contributed by atoms with van der Waals surface area (Å²) in [6, 6.07) is 27.4. The Morgan fingerprint density at radius 2 is 1.39 bits per heavy atom. The summed E-state index contributed by atoms with van der Waals surface area (Å²) in [5.41, 5.74) is 5.77. The number of aromatic nitrogens is 3. The van der Waals surface area contributed by atoms with E-state index in [0.717, 1.165) is 33.0 Å². The summed E-state index contributed by atoms with van der Waals surface area (Å²) in [7, 11) is 1.62. The van der Waals surface area contributed by atoms with Crippen molar-refractivity contribution in [1.29, 1.82) is 0 Å². The van der Waals surface area contributed by atoms with Gasteiger partial charge in [-0.15, -0.1) is 0 Å². The van der Waals surface area contributed by atoms with E-state index >= 15 is 0 Å². The predicted octanol–water partition coefficient (Wildman–Crippen LogP) is 6.00. The maximum Gasteiger partial charge on any atom is 0.298 e. The van der Waals surface area contributed by atoms with Gasteiger partial charge in [-0.25, -0.2) is 4.98 Å². The molecule has 6 rings (SSSR count). The van der Waals surface area contributed by atoms with Crippen LogP contribution >= 0.6 is 0 Å². The number of aliphatic hydroxyl groups is 1. The second-order valence-electron chi connectivity index (χ2n) is 9.92. The lowest BCUT2D eigenvalue weighted by molar-refractivity contribution is -0.121. The van der Waals surface area contributed by atoms with Crippen LogP contribution in [-0.2, 0) is 16.2 Å². The predicted molar refractivity (Wildman–Crippen MR) is 172 cm³/mol. The van der Waals surface area contributed by atoms with Gasteiger partial charge in [0.25, 0.3) is 12.9 Å². The Kier molecular flexibility index (Phi) is 8.72. The first-order chi connectivity index (χ1) is 22.6. The Morgan fingerprint density at radius 1 is 0.717 bits per heavy atom. The summed E-state index contributed by atoms with van der Waals surface area (Å²) >= 11 is 0. The van der Waals surface area contributed by atoms with Crippen molar-refractivity contribution in [3.63, 3.8) is 0 Å². The lowest BCUT2D eigenvalue weighted by atomic mass is 9.92. The van der Waals surface area contributed by atoms with E-state index in [-0.39, 0.29) is 18.1 Å². The van der Waals surface area contributed by atoms with Gasteiger partial charge in [-0.05, 0) is 52.2 Å². The molecule has 46 heavy (non-hydrogen) atoms. The van der Waals surface area contributed by atoms with Gasteiger partial charge in [-0.1, -0.05) is 54.3 Å². The second kappa shape index (κ2) is 13.5. The molecule has 0 fully saturated rings. The summed E-state index contributed by atoms with van der Waals surface area (Å²) in [6.45, 7) is 0.529. The number of pyridine rings is 3. The van der Waals surface area contributed by atoms with Crippen molar-refractivity contribution in [2.24, 2.45) is 0 Å². The van der Waals surface area contributed by atoms with Gasteiger partial charge < -0.3 is 19.3 Å². The van der Waals surface area contributed by atoms with Crippen molar-refractivity contribution in [1.82, 2.24) is 15.0 Å². The molecule has 3 aromatic heterocycles. The molecule has 0 bridgehead atoms. The maximum absolute atomic E-state index is 11.2. The van der Waals surface area contributed by atoms with E-state index in [2.05, 4.69) is 26.8 Å². The molecule has 0 saturated carbocycles. The quantitative estimate of drug-likeness (QED) is 0.156. The molecule has 3 aromatic carbocycles. The summed E-state index contributed by atoms with van der Waals surface area (Å²) in [5.74, 6) is 7.75. The van der Waals surface area contributed by atoms with Crippen molar-refractivity contribution in [3.8, 4) is 63.0 Å². The molecule has 0 aliphatic heterocycles. The van der Waals surface area contributed by atoms with Crippen LogP contribution in [0.25, 0.3) is 44.7 Å². The van der Waals surface area contributed by atoms with Gasteiger partial charge in [-0.3, -0.25) is 19.6 Å². The summed E-state index contributed by atoms with van der Waals surface area (Å²) in [6.07, 6.45) is 3.11. The monoisotopic (exact) mass is 607 g/mol. The second-order valence-corrected chi connectivity index (χ2v) is 9.92. The van der Waals surface area contributed by atoms with Gasteiger partial charge in [0.2, 0.25) is 0 Å². The van der Waals surface area contributed by atoms with E-state index < -0.39 is 0 Å². The van der Waals surface area contributed by atoms with Crippen LogP contribution in [0.4, 0.5) is 0 Å². The highest BCUT2D eigenvalue weighted by Crippen LogP contribution is 2.38. The number of benzene rings is 3. The highest BCUT2D eigenvalue weighted by Gasteiger charge is 2.15. The largest absolute Gasteiger partial charge is 0.496 e. The summed E-state index contributed by atoms with van der Waals surface area (Å²) in [4.78, 5) is 35.5. The molecule has 0 saturated heterocycles. The fourth-order valence-corrected chi connectivity index (χ4v) is 5.18. The van der Waals surface area contributed by atoms with Gasteiger partial charge in [0.1, 0.15) is 17.2 Å². The fourth-order valence-electron chi connectivity index (χ4n) is 5.18. The fraction of sp³-hybridized carbons (Fsp3) is 0.0541. The van der Waals surface area contributed by atoms with E-state index in [0.29, 0.717) is 47.0 Å². The van der Waals surface area contributed by atoms with Crippen LogP contribution in [0.2, 0.25) is 0 Å². The first-order valence-corrected chi connectivity index (χ1v) is 14.1. The minimum atomic E-state index is -0.120. The number of methoxy groups -OCH3 is 1. The molecule has 1 N–H and O–H groups in total. The molecule has 224 valence electrons. The minimum absolute atomic E-state index is 0.120. The number of carbonyl (C=O) groups excluding carboxylic acids is 2. The van der Waals surface area contributed by atoms with Crippen molar-refractivity contribution in [3.05, 3.63) is 120 Å². The average molecular weight is 608 g/mol. The third kappa shape index (κ3) is 6.15. The number of carbonyl (C=O) groups is 2. The van der Waals surface area contributed by atoms with Crippen LogP contribution < -0.4 is 14.2 Å². The molecular formula is C37H25N3O6. The minimum Gasteiger partial charge on any atom is -0.496 e. The highest BCUT2D eigenvalue weighted by molar-refractivity contribution is 6.01. The third-order valence-corrected chi connectivity index (χ3v) is 7.22. The average Bonchev–Trinajstić information content (AvgIpc) is 3.10. The smallest absolute Gasteiger partial charge is 0.298 e. The zero-order valence-electron chi connectivity index (χ0n) is 24.5. The van der Waals surface area contributed by atoms with Crippen molar-refractivity contribution in [2.45, 2.75) is 6.61 Å². The number of fused-ring (bicyclic) bond motifs is 1. The molecule has 0 aliphatic rings. The first-order valence-electron chi connectivity index (χ1n) is 14.1. The Bertz CT molecular complexity index is 2130. The van der Waals surface area contributed by atoms with Gasteiger partial charge >= 0.3 is 0 Å². The van der Waals surface area contributed by atoms with Crippen LogP contribution in [0.15, 0.2) is 103 Å². The Hall–Kier alpha value is -6.37. The van der Waals surface area contributed by atoms with Crippen molar-refractivity contribution < 1.29 is 28.9 Å². The van der Waals surface area contributed by atoms with Crippen LogP contribution in [0, 0.1) is 11.8 Å². The number of nitrogens with zero attached hydrogens (tertiary/aromatic N) is 3. The Morgan fingerprint density at radius 3 is 2.15 bits per heavy atom. The van der Waals surface area contributed by atoms with Crippen molar-refractivity contribution in [2.75, 3.05) is 7.11 Å². The SMILES string of the molecule is COc1cccc(CO)c1-c1cccc2c(C#Cc3ccnc(-c4cc(OC=O)cc(-c5cc(OC=O)ccn5)n4)c3)cccc12. The number of rotatable bonds is 9. The lowest BCUT2D eigenvalue weighted by Crippen LogP contribution is -1.97. The topological polar surface area (TPSA) is 121 Å². The van der Waals surface area contributed by atoms with Crippen LogP contribution in [0.5, 0.6) is 17.2 Å². The summed E-state index contributed by atoms with van der Waals surface area (Å²) < 4.78 is 15.7. The molecular weight excluding hydrogens is 582 g/mol. The number of aliphatic hydroxyl groups excluding tert-OH is 1. The van der Waals surface area contributed by atoms with Crippen LogP contribution in [-0.4, -0.2) is 40.1 Å². The van der Waals surface area contributed by atoms with Crippen LogP contribution in [0.3, 0.4) is 0 Å². The van der Waals surface area contributed by atoms with E-state index in [1.807, 2.05) is 54.6 Å². The molecule has 9 nitrogen and oxygen atoms in total. The maximum atomic E-state index is 11.2. The molecule has 0 unspecified atom stereocenters. The lowest BCUT2D eigenvalue weighted by Gasteiger charge is -2.15. The Balaban J connectivity index is 1.39. The normalized spacial score (nSPS) is 10.5. The number of hydrogen-bond donors (Lipinski definition) is 1. The first kappa shape index (κ1) is 29.7. The van der Waals surface area contributed by atoms with Crippen LogP contribution in [0.1, 0.15) is 16.7 Å². The van der Waals surface area contributed by atoms with E-state index in [1.54, 1.807) is 43.6 Å². The molecule has 3 heterocycles.